The number of benzene rings is 2. The van der Waals surface area contributed by atoms with Crippen LogP contribution in [0.4, 0.5) is 0 Å². The second kappa shape index (κ2) is 5.57. The zero-order valence-corrected chi connectivity index (χ0v) is 12.7. The highest BCUT2D eigenvalue weighted by Gasteiger charge is 2.28. The van der Waals surface area contributed by atoms with Crippen molar-refractivity contribution in [3.8, 4) is 0 Å². The Hall–Kier alpha value is -1.35. The third-order valence-corrected chi connectivity index (χ3v) is 3.95. The Morgan fingerprint density at radius 2 is 1.75 bits per heavy atom. The molecule has 0 heterocycles. The molecular weight excluding hydrogens is 295 g/mol. The Balaban J connectivity index is 2.53. The third kappa shape index (κ3) is 2.73. The molecule has 104 valence electrons. The van der Waals surface area contributed by atoms with Crippen LogP contribution < -0.4 is 0 Å². The molecule has 0 aromatic heterocycles. The summed E-state index contributed by atoms with van der Waals surface area (Å²) < 4.78 is 0. The number of halogens is 2. The van der Waals surface area contributed by atoms with E-state index in [0.29, 0.717) is 26.7 Å². The van der Waals surface area contributed by atoms with Gasteiger partial charge in [-0.25, -0.2) is 0 Å². The molecule has 1 unspecified atom stereocenters. The van der Waals surface area contributed by atoms with Gasteiger partial charge in [0.15, 0.2) is 5.78 Å². The van der Waals surface area contributed by atoms with Gasteiger partial charge in [0.2, 0.25) is 0 Å². The fourth-order valence-electron chi connectivity index (χ4n) is 2.11. The first kappa shape index (κ1) is 15.0. The van der Waals surface area contributed by atoms with Crippen molar-refractivity contribution in [3.63, 3.8) is 0 Å². The fourth-order valence-corrected chi connectivity index (χ4v) is 2.75. The molecule has 0 amide bonds. The van der Waals surface area contributed by atoms with Crippen LogP contribution in [0.2, 0.25) is 10.0 Å². The first-order valence-electron chi connectivity index (χ1n) is 6.12. The Morgan fingerprint density at radius 3 is 2.30 bits per heavy atom. The Morgan fingerprint density at radius 1 is 1.10 bits per heavy atom. The highest BCUT2D eigenvalue weighted by atomic mass is 35.5. The topological polar surface area (TPSA) is 37.3 Å². The van der Waals surface area contributed by atoms with Crippen LogP contribution in [0.1, 0.15) is 35.3 Å². The summed E-state index contributed by atoms with van der Waals surface area (Å²) in [6, 6.07) is 12.0. The van der Waals surface area contributed by atoms with Gasteiger partial charge in [0.05, 0.1) is 5.02 Å². The molecule has 1 atom stereocenters. The maximum Gasteiger partial charge on any atom is 0.161 e. The van der Waals surface area contributed by atoms with E-state index in [1.807, 2.05) is 0 Å². The van der Waals surface area contributed by atoms with E-state index in [4.69, 9.17) is 23.2 Å². The molecule has 0 bridgehead atoms. The van der Waals surface area contributed by atoms with Gasteiger partial charge in [-0.15, -0.1) is 0 Å². The van der Waals surface area contributed by atoms with E-state index in [2.05, 4.69) is 0 Å². The SMILES string of the molecule is CC(=O)c1ccc(C(C)(O)c2ccccc2Cl)cc1Cl. The van der Waals surface area contributed by atoms with Crippen LogP contribution in [-0.4, -0.2) is 10.9 Å². The predicted octanol–water partition coefficient (Wildman–Crippen LogP) is 4.45. The molecule has 0 spiro atoms. The lowest BCUT2D eigenvalue weighted by molar-refractivity contribution is 0.100. The largest absolute Gasteiger partial charge is 0.381 e. The quantitative estimate of drug-likeness (QED) is 0.850. The summed E-state index contributed by atoms with van der Waals surface area (Å²) in [6.07, 6.45) is 0. The van der Waals surface area contributed by atoms with Crippen molar-refractivity contribution in [2.45, 2.75) is 19.4 Å². The second-order valence-corrected chi connectivity index (χ2v) is 5.62. The minimum atomic E-state index is -1.28. The predicted molar refractivity (Wildman–Crippen MR) is 81.6 cm³/mol. The lowest BCUT2D eigenvalue weighted by Gasteiger charge is -2.26. The van der Waals surface area contributed by atoms with Crippen molar-refractivity contribution in [1.82, 2.24) is 0 Å². The number of carbonyl (C=O) groups excluding carboxylic acids is 1. The highest BCUT2D eigenvalue weighted by molar-refractivity contribution is 6.34. The van der Waals surface area contributed by atoms with Crippen molar-refractivity contribution in [2.24, 2.45) is 0 Å². The zero-order valence-electron chi connectivity index (χ0n) is 11.2. The van der Waals surface area contributed by atoms with E-state index in [-0.39, 0.29) is 5.78 Å². The number of ketones is 1. The van der Waals surface area contributed by atoms with E-state index < -0.39 is 5.60 Å². The van der Waals surface area contributed by atoms with Crippen LogP contribution >= 0.6 is 23.2 Å². The monoisotopic (exact) mass is 308 g/mol. The van der Waals surface area contributed by atoms with Crippen LogP contribution in [-0.2, 0) is 5.60 Å². The maximum absolute atomic E-state index is 11.4. The van der Waals surface area contributed by atoms with E-state index in [1.165, 1.54) is 6.92 Å². The number of hydrogen-bond acceptors (Lipinski definition) is 2. The number of hydrogen-bond donors (Lipinski definition) is 1. The molecule has 1 N–H and O–H groups in total. The summed E-state index contributed by atoms with van der Waals surface area (Å²) in [6.45, 7) is 3.10. The second-order valence-electron chi connectivity index (χ2n) is 4.80. The lowest BCUT2D eigenvalue weighted by Crippen LogP contribution is -2.23. The average Bonchev–Trinajstić information content (AvgIpc) is 2.38. The first-order chi connectivity index (χ1) is 9.34. The smallest absolute Gasteiger partial charge is 0.161 e. The summed E-state index contributed by atoms with van der Waals surface area (Å²) in [4.78, 5) is 11.4. The zero-order chi connectivity index (χ0) is 14.9. The Bertz CT molecular complexity index is 663. The Labute approximate surface area is 128 Å². The van der Waals surface area contributed by atoms with E-state index in [9.17, 15) is 9.90 Å². The minimum Gasteiger partial charge on any atom is -0.381 e. The number of aliphatic hydroxyl groups is 1. The molecular formula is C16H14Cl2O2. The Kier molecular flexibility index (Phi) is 4.19. The molecule has 0 saturated carbocycles. The van der Waals surface area contributed by atoms with Crippen LogP contribution in [0.3, 0.4) is 0 Å². The molecule has 2 aromatic carbocycles. The average molecular weight is 309 g/mol. The fraction of sp³-hybridized carbons (Fsp3) is 0.188. The summed E-state index contributed by atoms with van der Waals surface area (Å²) in [5.74, 6) is -0.112. The molecule has 4 heteroatoms. The molecule has 2 rings (SSSR count). The van der Waals surface area contributed by atoms with E-state index >= 15 is 0 Å². The van der Waals surface area contributed by atoms with Crippen LogP contribution in [0.5, 0.6) is 0 Å². The summed E-state index contributed by atoms with van der Waals surface area (Å²) in [5, 5.41) is 11.6. The molecule has 0 aliphatic heterocycles. The lowest BCUT2D eigenvalue weighted by atomic mass is 9.87. The molecule has 2 nitrogen and oxygen atoms in total. The van der Waals surface area contributed by atoms with Gasteiger partial charge in [-0.3, -0.25) is 4.79 Å². The van der Waals surface area contributed by atoms with Crippen molar-refractivity contribution in [1.29, 1.82) is 0 Å². The van der Waals surface area contributed by atoms with E-state index in [1.54, 1.807) is 49.4 Å². The summed E-state index contributed by atoms with van der Waals surface area (Å²) in [7, 11) is 0. The van der Waals surface area contributed by atoms with Crippen LogP contribution in [0.25, 0.3) is 0 Å². The van der Waals surface area contributed by atoms with Gasteiger partial charge < -0.3 is 5.11 Å². The van der Waals surface area contributed by atoms with E-state index in [0.717, 1.165) is 0 Å². The van der Waals surface area contributed by atoms with Gasteiger partial charge in [0, 0.05) is 16.1 Å². The molecule has 0 aliphatic carbocycles. The molecule has 20 heavy (non-hydrogen) atoms. The summed E-state index contributed by atoms with van der Waals surface area (Å²) in [5.41, 5.74) is 0.330. The molecule has 2 aromatic rings. The van der Waals surface area contributed by atoms with Gasteiger partial charge >= 0.3 is 0 Å². The maximum atomic E-state index is 11.4. The van der Waals surface area contributed by atoms with Gasteiger partial charge in [-0.05, 0) is 37.6 Å². The summed E-state index contributed by atoms with van der Waals surface area (Å²) >= 11 is 12.2. The minimum absolute atomic E-state index is 0.112. The number of rotatable bonds is 3. The van der Waals surface area contributed by atoms with Gasteiger partial charge in [-0.2, -0.15) is 0 Å². The van der Waals surface area contributed by atoms with Gasteiger partial charge in [0.1, 0.15) is 5.60 Å². The standard InChI is InChI=1S/C16H14Cl2O2/c1-10(19)12-8-7-11(9-15(12)18)16(2,20)13-5-3-4-6-14(13)17/h3-9,20H,1-2H3. The van der Waals surface area contributed by atoms with Crippen molar-refractivity contribution in [3.05, 3.63) is 69.2 Å². The molecule has 0 radical (unpaired) electrons. The van der Waals surface area contributed by atoms with Gasteiger partial charge in [0.25, 0.3) is 0 Å². The first-order valence-corrected chi connectivity index (χ1v) is 6.88. The van der Waals surface area contributed by atoms with Gasteiger partial charge in [-0.1, -0.05) is 47.5 Å². The normalized spacial score (nSPS) is 13.8. The number of Topliss-reactive ketones (excluding diaryl/α,β-unsaturated/α-hetero) is 1. The van der Waals surface area contributed by atoms with Crippen molar-refractivity contribution < 1.29 is 9.90 Å². The van der Waals surface area contributed by atoms with Crippen molar-refractivity contribution >= 4 is 29.0 Å². The number of carbonyl (C=O) groups is 1. The molecule has 0 aliphatic rings. The van der Waals surface area contributed by atoms with Crippen LogP contribution in [0, 0.1) is 0 Å². The van der Waals surface area contributed by atoms with Crippen LogP contribution in [0.15, 0.2) is 42.5 Å². The molecule has 0 fully saturated rings. The molecule has 0 saturated heterocycles. The van der Waals surface area contributed by atoms with Crippen molar-refractivity contribution in [2.75, 3.05) is 0 Å². The highest BCUT2D eigenvalue weighted by Crippen LogP contribution is 2.35. The third-order valence-electron chi connectivity index (χ3n) is 3.31.